The molecule has 0 bridgehead atoms. The summed E-state index contributed by atoms with van der Waals surface area (Å²) in [6, 6.07) is 2.10. The van der Waals surface area contributed by atoms with Crippen molar-refractivity contribution in [1.29, 1.82) is 0 Å². The van der Waals surface area contributed by atoms with E-state index in [9.17, 15) is 4.79 Å². The van der Waals surface area contributed by atoms with Gasteiger partial charge in [-0.2, -0.15) is 11.8 Å². The predicted molar refractivity (Wildman–Crippen MR) is 82.1 cm³/mol. The monoisotopic (exact) mass is 296 g/mol. The van der Waals surface area contributed by atoms with Crippen molar-refractivity contribution in [3.8, 4) is 0 Å². The molecule has 0 radical (unpaired) electrons. The number of hydrogen-bond donors (Lipinski definition) is 2. The molecule has 0 aromatic carbocycles. The molecular formula is C14H20N2OS2. The first-order valence-corrected chi connectivity index (χ1v) is 8.98. The third-order valence-electron chi connectivity index (χ3n) is 3.85. The van der Waals surface area contributed by atoms with Crippen LogP contribution in [0.1, 0.15) is 33.0 Å². The second-order valence-electron chi connectivity index (χ2n) is 5.27. The summed E-state index contributed by atoms with van der Waals surface area (Å²) in [5.41, 5.74) is 1.38. The topological polar surface area (TPSA) is 41.1 Å². The Bertz CT molecular complexity index is 429. The van der Waals surface area contributed by atoms with E-state index in [1.54, 1.807) is 11.3 Å². The van der Waals surface area contributed by atoms with E-state index in [-0.39, 0.29) is 5.91 Å². The van der Waals surface area contributed by atoms with Crippen LogP contribution in [0.2, 0.25) is 0 Å². The van der Waals surface area contributed by atoms with Gasteiger partial charge in [0, 0.05) is 17.2 Å². The summed E-state index contributed by atoms with van der Waals surface area (Å²) in [5, 5.41) is 6.43. The van der Waals surface area contributed by atoms with Gasteiger partial charge in [0.25, 0.3) is 5.91 Å². The molecule has 0 spiro atoms. The largest absolute Gasteiger partial charge is 0.351 e. The third kappa shape index (κ3) is 3.33. The molecule has 1 saturated heterocycles. The van der Waals surface area contributed by atoms with Crippen molar-refractivity contribution in [2.45, 2.75) is 25.0 Å². The average molecular weight is 296 g/mol. The highest BCUT2D eigenvalue weighted by molar-refractivity contribution is 7.98. The van der Waals surface area contributed by atoms with Crippen LogP contribution in [0.25, 0.3) is 0 Å². The smallest absolute Gasteiger partial charge is 0.261 e. The standard InChI is InChI=1S/C14H20N2OS2/c17-14(16-5-2-10-1-4-15-8-10)13-7-11-9-18-6-3-12(11)19-13/h7,10,15H,1-6,8-9H2,(H,16,17). The molecule has 3 rings (SSSR count). The molecule has 19 heavy (non-hydrogen) atoms. The summed E-state index contributed by atoms with van der Waals surface area (Å²) >= 11 is 3.65. The Morgan fingerprint density at radius 2 is 2.47 bits per heavy atom. The lowest BCUT2D eigenvalue weighted by Crippen LogP contribution is -2.25. The highest BCUT2D eigenvalue weighted by Gasteiger charge is 2.18. The lowest BCUT2D eigenvalue weighted by atomic mass is 10.1. The molecule has 2 aliphatic rings. The Labute approximate surface area is 122 Å². The van der Waals surface area contributed by atoms with E-state index in [0.717, 1.165) is 49.0 Å². The van der Waals surface area contributed by atoms with Gasteiger partial charge < -0.3 is 10.6 Å². The molecule has 5 heteroatoms. The second-order valence-corrected chi connectivity index (χ2v) is 7.51. The van der Waals surface area contributed by atoms with Gasteiger partial charge in [-0.05, 0) is 55.7 Å². The van der Waals surface area contributed by atoms with Crippen LogP contribution in [0.3, 0.4) is 0 Å². The number of aryl methyl sites for hydroxylation is 1. The van der Waals surface area contributed by atoms with Crippen molar-refractivity contribution in [2.75, 3.05) is 25.4 Å². The van der Waals surface area contributed by atoms with Gasteiger partial charge in [0.05, 0.1) is 4.88 Å². The number of hydrogen-bond acceptors (Lipinski definition) is 4. The maximum absolute atomic E-state index is 12.1. The van der Waals surface area contributed by atoms with E-state index in [1.807, 2.05) is 11.8 Å². The zero-order valence-electron chi connectivity index (χ0n) is 11.0. The van der Waals surface area contributed by atoms with Crippen LogP contribution in [0.5, 0.6) is 0 Å². The molecule has 1 amide bonds. The molecule has 0 aliphatic carbocycles. The summed E-state index contributed by atoms with van der Waals surface area (Å²) < 4.78 is 0. The number of carbonyl (C=O) groups excluding carboxylic acids is 1. The van der Waals surface area contributed by atoms with Crippen molar-refractivity contribution in [2.24, 2.45) is 5.92 Å². The third-order valence-corrected chi connectivity index (χ3v) is 6.10. The van der Waals surface area contributed by atoms with Crippen LogP contribution < -0.4 is 10.6 Å². The van der Waals surface area contributed by atoms with Crippen molar-refractivity contribution in [1.82, 2.24) is 10.6 Å². The van der Waals surface area contributed by atoms with Gasteiger partial charge >= 0.3 is 0 Å². The first kappa shape index (κ1) is 13.5. The molecular weight excluding hydrogens is 276 g/mol. The number of thiophene rings is 1. The van der Waals surface area contributed by atoms with Crippen molar-refractivity contribution < 1.29 is 4.79 Å². The van der Waals surface area contributed by atoms with Crippen molar-refractivity contribution >= 4 is 29.0 Å². The molecule has 1 atom stereocenters. The molecule has 104 valence electrons. The Morgan fingerprint density at radius 3 is 3.26 bits per heavy atom. The molecule has 3 nitrogen and oxygen atoms in total. The number of nitrogens with one attached hydrogen (secondary N) is 2. The number of rotatable bonds is 4. The molecule has 0 saturated carbocycles. The molecule has 3 heterocycles. The Morgan fingerprint density at radius 1 is 1.53 bits per heavy atom. The van der Waals surface area contributed by atoms with Crippen LogP contribution in [0, 0.1) is 5.92 Å². The number of carbonyl (C=O) groups is 1. The molecule has 2 aliphatic heterocycles. The SMILES string of the molecule is O=C(NCCC1CCNC1)c1cc2c(s1)CCSC2. The Hall–Kier alpha value is -0.520. The summed E-state index contributed by atoms with van der Waals surface area (Å²) in [6.07, 6.45) is 3.48. The number of thioether (sulfide) groups is 1. The molecule has 1 unspecified atom stereocenters. The summed E-state index contributed by atoms with van der Waals surface area (Å²) in [5.74, 6) is 3.14. The van der Waals surface area contributed by atoms with Gasteiger partial charge in [0.2, 0.25) is 0 Å². The van der Waals surface area contributed by atoms with Crippen molar-refractivity contribution in [3.63, 3.8) is 0 Å². The minimum Gasteiger partial charge on any atom is -0.351 e. The molecule has 1 fully saturated rings. The minimum atomic E-state index is 0.121. The highest BCUT2D eigenvalue weighted by atomic mass is 32.2. The lowest BCUT2D eigenvalue weighted by Gasteiger charge is -2.08. The number of amides is 1. The van der Waals surface area contributed by atoms with E-state index >= 15 is 0 Å². The van der Waals surface area contributed by atoms with Crippen LogP contribution in [-0.2, 0) is 12.2 Å². The van der Waals surface area contributed by atoms with Crippen LogP contribution >= 0.6 is 23.1 Å². The highest BCUT2D eigenvalue weighted by Crippen LogP contribution is 2.31. The van der Waals surface area contributed by atoms with Gasteiger partial charge in [-0.15, -0.1) is 11.3 Å². The van der Waals surface area contributed by atoms with E-state index in [1.165, 1.54) is 22.6 Å². The molecule has 2 N–H and O–H groups in total. The van der Waals surface area contributed by atoms with Crippen molar-refractivity contribution in [3.05, 3.63) is 21.4 Å². The minimum absolute atomic E-state index is 0.121. The maximum Gasteiger partial charge on any atom is 0.261 e. The van der Waals surface area contributed by atoms with Crippen LogP contribution in [0.4, 0.5) is 0 Å². The average Bonchev–Trinajstić information content (AvgIpc) is 3.07. The zero-order valence-corrected chi connectivity index (χ0v) is 12.7. The van der Waals surface area contributed by atoms with Gasteiger partial charge in [-0.25, -0.2) is 0 Å². The summed E-state index contributed by atoms with van der Waals surface area (Å²) in [7, 11) is 0. The van der Waals surface area contributed by atoms with Crippen LogP contribution in [-0.4, -0.2) is 31.3 Å². The maximum atomic E-state index is 12.1. The Kier molecular flexibility index (Phi) is 4.45. The Balaban J connectivity index is 1.50. The second kappa shape index (κ2) is 6.29. The first-order chi connectivity index (χ1) is 9.33. The zero-order chi connectivity index (χ0) is 13.1. The van der Waals surface area contributed by atoms with Crippen LogP contribution in [0.15, 0.2) is 6.07 Å². The van der Waals surface area contributed by atoms with E-state index < -0.39 is 0 Å². The number of fused-ring (bicyclic) bond motifs is 1. The lowest BCUT2D eigenvalue weighted by molar-refractivity contribution is 0.0955. The van der Waals surface area contributed by atoms with Gasteiger partial charge in [0.15, 0.2) is 0 Å². The van der Waals surface area contributed by atoms with E-state index in [2.05, 4.69) is 16.7 Å². The fourth-order valence-electron chi connectivity index (χ4n) is 2.70. The molecule has 1 aromatic heterocycles. The molecule has 1 aromatic rings. The summed E-state index contributed by atoms with van der Waals surface area (Å²) in [4.78, 5) is 14.4. The predicted octanol–water partition coefficient (Wildman–Crippen LogP) is 2.27. The quantitative estimate of drug-likeness (QED) is 0.895. The summed E-state index contributed by atoms with van der Waals surface area (Å²) in [6.45, 7) is 3.05. The van der Waals surface area contributed by atoms with E-state index in [0.29, 0.717) is 0 Å². The fraction of sp³-hybridized carbons (Fsp3) is 0.643. The van der Waals surface area contributed by atoms with Gasteiger partial charge in [-0.1, -0.05) is 0 Å². The first-order valence-electron chi connectivity index (χ1n) is 7.01. The van der Waals surface area contributed by atoms with Gasteiger partial charge in [-0.3, -0.25) is 4.79 Å². The fourth-order valence-corrected chi connectivity index (χ4v) is 4.99. The normalized spacial score (nSPS) is 22.2. The van der Waals surface area contributed by atoms with E-state index in [4.69, 9.17) is 0 Å². The van der Waals surface area contributed by atoms with Gasteiger partial charge in [0.1, 0.15) is 0 Å².